The van der Waals surface area contributed by atoms with Gasteiger partial charge in [0.05, 0.1) is 6.20 Å². The fourth-order valence-electron chi connectivity index (χ4n) is 1.70. The van der Waals surface area contributed by atoms with Crippen LogP contribution in [0.2, 0.25) is 0 Å². The van der Waals surface area contributed by atoms with Crippen LogP contribution >= 0.6 is 15.9 Å². The fraction of sp³-hybridized carbons (Fsp3) is 0.333. The summed E-state index contributed by atoms with van der Waals surface area (Å²) in [6, 6.07) is 2.07. The predicted octanol–water partition coefficient (Wildman–Crippen LogP) is 2.48. The minimum atomic E-state index is -0.0874. The van der Waals surface area contributed by atoms with Crippen molar-refractivity contribution in [2.45, 2.75) is 26.4 Å². The van der Waals surface area contributed by atoms with Crippen LogP contribution in [0.3, 0.4) is 0 Å². The van der Waals surface area contributed by atoms with Gasteiger partial charge in [0.15, 0.2) is 0 Å². The number of aromatic amines is 1. The number of rotatable bonds is 4. The molecule has 18 heavy (non-hydrogen) atoms. The molecule has 6 heteroatoms. The Bertz CT molecular complexity index is 530. The molecule has 1 amide bonds. The van der Waals surface area contributed by atoms with Gasteiger partial charge < -0.3 is 9.88 Å². The van der Waals surface area contributed by atoms with Gasteiger partial charge in [0.2, 0.25) is 0 Å². The van der Waals surface area contributed by atoms with Gasteiger partial charge in [-0.3, -0.25) is 9.89 Å². The van der Waals surface area contributed by atoms with Crippen LogP contribution in [-0.4, -0.2) is 20.7 Å². The van der Waals surface area contributed by atoms with E-state index in [9.17, 15) is 4.79 Å². The highest BCUT2D eigenvalue weighted by Crippen LogP contribution is 2.19. The summed E-state index contributed by atoms with van der Waals surface area (Å²) in [6.45, 7) is 4.55. The molecule has 0 aliphatic carbocycles. The Kier molecular flexibility index (Phi) is 3.86. The van der Waals surface area contributed by atoms with Crippen LogP contribution < -0.4 is 5.32 Å². The van der Waals surface area contributed by atoms with Crippen LogP contribution in [0.25, 0.3) is 0 Å². The molecule has 2 N–H and O–H groups in total. The monoisotopic (exact) mass is 310 g/mol. The number of nitrogens with zero attached hydrogens (tertiary/aromatic N) is 2. The molecule has 0 atom stereocenters. The van der Waals surface area contributed by atoms with Gasteiger partial charge in [0.25, 0.3) is 5.91 Å². The van der Waals surface area contributed by atoms with E-state index in [0.717, 1.165) is 10.0 Å². The SMILES string of the molecule is CC(C)n1cc(Br)cc1C(=O)NCc1cn[nH]c1. The molecule has 0 radical (unpaired) electrons. The van der Waals surface area contributed by atoms with E-state index in [4.69, 9.17) is 0 Å². The van der Waals surface area contributed by atoms with Crippen molar-refractivity contribution < 1.29 is 4.79 Å². The highest BCUT2D eigenvalue weighted by molar-refractivity contribution is 9.10. The molecule has 5 nitrogen and oxygen atoms in total. The lowest BCUT2D eigenvalue weighted by molar-refractivity contribution is 0.0940. The average molecular weight is 311 g/mol. The first-order chi connectivity index (χ1) is 8.58. The van der Waals surface area contributed by atoms with Crippen LogP contribution in [0.4, 0.5) is 0 Å². The van der Waals surface area contributed by atoms with Crippen molar-refractivity contribution in [3.8, 4) is 0 Å². The standard InChI is InChI=1S/C12H15BrN4O/c1-8(2)17-7-10(13)3-11(17)12(18)14-4-9-5-15-16-6-9/h3,5-8H,4H2,1-2H3,(H,14,18)(H,15,16). The molecule has 0 unspecified atom stereocenters. The van der Waals surface area contributed by atoms with Gasteiger partial charge in [-0.15, -0.1) is 0 Å². The van der Waals surface area contributed by atoms with E-state index in [1.807, 2.05) is 30.7 Å². The lowest BCUT2D eigenvalue weighted by Gasteiger charge is -2.12. The number of nitrogens with one attached hydrogen (secondary N) is 2. The summed E-state index contributed by atoms with van der Waals surface area (Å²) in [6.07, 6.45) is 5.37. The first kappa shape index (κ1) is 12.9. The van der Waals surface area contributed by atoms with Gasteiger partial charge in [-0.05, 0) is 35.8 Å². The first-order valence-electron chi connectivity index (χ1n) is 5.71. The highest BCUT2D eigenvalue weighted by atomic mass is 79.9. The summed E-state index contributed by atoms with van der Waals surface area (Å²) in [5, 5.41) is 9.42. The van der Waals surface area contributed by atoms with Gasteiger partial charge in [0, 0.05) is 35.0 Å². The van der Waals surface area contributed by atoms with Crippen molar-refractivity contribution in [1.29, 1.82) is 0 Å². The zero-order chi connectivity index (χ0) is 13.1. The minimum absolute atomic E-state index is 0.0874. The average Bonchev–Trinajstić information content (AvgIpc) is 2.94. The van der Waals surface area contributed by atoms with Crippen LogP contribution in [0.15, 0.2) is 29.1 Å². The van der Waals surface area contributed by atoms with E-state index in [1.54, 1.807) is 12.4 Å². The number of hydrogen-bond donors (Lipinski definition) is 2. The molecule has 2 aromatic rings. The molecule has 0 spiro atoms. The second kappa shape index (κ2) is 5.39. The summed E-state index contributed by atoms with van der Waals surface area (Å²) in [4.78, 5) is 12.1. The molecule has 2 heterocycles. The number of hydrogen-bond acceptors (Lipinski definition) is 2. The Morgan fingerprint density at radius 2 is 2.39 bits per heavy atom. The van der Waals surface area contributed by atoms with E-state index in [1.165, 1.54) is 0 Å². The maximum Gasteiger partial charge on any atom is 0.268 e. The Labute approximate surface area is 114 Å². The Balaban J connectivity index is 2.09. The first-order valence-corrected chi connectivity index (χ1v) is 6.50. The van der Waals surface area contributed by atoms with Crippen LogP contribution in [0.1, 0.15) is 35.9 Å². The normalized spacial score (nSPS) is 10.9. The Morgan fingerprint density at radius 1 is 1.61 bits per heavy atom. The van der Waals surface area contributed by atoms with Gasteiger partial charge in [-0.25, -0.2) is 0 Å². The fourth-order valence-corrected chi connectivity index (χ4v) is 2.14. The zero-order valence-electron chi connectivity index (χ0n) is 10.3. The number of carbonyl (C=O) groups excluding carboxylic acids is 1. The minimum Gasteiger partial charge on any atom is -0.347 e. The second-order valence-corrected chi connectivity index (χ2v) is 5.25. The number of carbonyl (C=O) groups is 1. The molecule has 0 saturated carbocycles. The van der Waals surface area contributed by atoms with Crippen molar-refractivity contribution in [3.05, 3.63) is 40.4 Å². The lowest BCUT2D eigenvalue weighted by Crippen LogP contribution is -2.25. The summed E-state index contributed by atoms with van der Waals surface area (Å²) in [5.41, 5.74) is 1.60. The third-order valence-corrected chi connectivity index (χ3v) is 3.05. The van der Waals surface area contributed by atoms with E-state index >= 15 is 0 Å². The molecular formula is C12H15BrN4O. The van der Waals surface area contributed by atoms with Crippen molar-refractivity contribution in [2.75, 3.05) is 0 Å². The third kappa shape index (κ3) is 2.81. The van der Waals surface area contributed by atoms with Gasteiger partial charge in [-0.1, -0.05) is 0 Å². The maximum atomic E-state index is 12.1. The van der Waals surface area contributed by atoms with Crippen molar-refractivity contribution in [1.82, 2.24) is 20.1 Å². The Hall–Kier alpha value is -1.56. The molecule has 0 bridgehead atoms. The summed E-state index contributed by atoms with van der Waals surface area (Å²) < 4.78 is 2.85. The van der Waals surface area contributed by atoms with Gasteiger partial charge in [-0.2, -0.15) is 5.10 Å². The van der Waals surface area contributed by atoms with Gasteiger partial charge in [0.1, 0.15) is 5.69 Å². The van der Waals surface area contributed by atoms with E-state index in [0.29, 0.717) is 12.2 Å². The van der Waals surface area contributed by atoms with Gasteiger partial charge >= 0.3 is 0 Å². The summed E-state index contributed by atoms with van der Waals surface area (Å²) in [7, 11) is 0. The predicted molar refractivity (Wildman–Crippen MR) is 72.3 cm³/mol. The molecule has 0 aromatic carbocycles. The van der Waals surface area contributed by atoms with E-state index in [2.05, 4.69) is 31.4 Å². The second-order valence-electron chi connectivity index (χ2n) is 4.33. The number of amides is 1. The van der Waals surface area contributed by atoms with Crippen LogP contribution in [-0.2, 0) is 6.54 Å². The smallest absolute Gasteiger partial charge is 0.268 e. The largest absolute Gasteiger partial charge is 0.347 e. The van der Waals surface area contributed by atoms with Crippen molar-refractivity contribution in [3.63, 3.8) is 0 Å². The van der Waals surface area contributed by atoms with Crippen molar-refractivity contribution in [2.24, 2.45) is 0 Å². The molecule has 0 fully saturated rings. The van der Waals surface area contributed by atoms with E-state index < -0.39 is 0 Å². The molecule has 0 aliphatic rings. The number of aromatic nitrogens is 3. The molecule has 0 aliphatic heterocycles. The number of halogens is 1. The third-order valence-electron chi connectivity index (χ3n) is 2.61. The number of H-pyrrole nitrogens is 1. The topological polar surface area (TPSA) is 62.7 Å². The molecule has 2 aromatic heterocycles. The lowest BCUT2D eigenvalue weighted by atomic mass is 10.3. The van der Waals surface area contributed by atoms with Crippen LogP contribution in [0.5, 0.6) is 0 Å². The Morgan fingerprint density at radius 3 is 3.00 bits per heavy atom. The highest BCUT2D eigenvalue weighted by Gasteiger charge is 2.14. The van der Waals surface area contributed by atoms with Crippen molar-refractivity contribution >= 4 is 21.8 Å². The summed E-state index contributed by atoms with van der Waals surface area (Å²) in [5.74, 6) is -0.0874. The van der Waals surface area contributed by atoms with Crippen LogP contribution in [0, 0.1) is 0 Å². The van der Waals surface area contributed by atoms with E-state index in [-0.39, 0.29) is 11.9 Å². The molecule has 0 saturated heterocycles. The summed E-state index contributed by atoms with van der Waals surface area (Å²) >= 11 is 3.39. The quantitative estimate of drug-likeness (QED) is 0.911. The molecule has 96 valence electrons. The zero-order valence-corrected chi connectivity index (χ0v) is 11.9. The maximum absolute atomic E-state index is 12.1. The molecular weight excluding hydrogens is 296 g/mol. The molecule has 2 rings (SSSR count).